The summed E-state index contributed by atoms with van der Waals surface area (Å²) >= 11 is 0. The Labute approximate surface area is 149 Å². The number of hydrogen-bond donors (Lipinski definition) is 0. The maximum atomic E-state index is 12.1. The summed E-state index contributed by atoms with van der Waals surface area (Å²) in [6, 6.07) is 8.64. The lowest BCUT2D eigenvalue weighted by Crippen LogP contribution is -2.07. The third-order valence-corrected chi connectivity index (χ3v) is 3.66. The van der Waals surface area contributed by atoms with Gasteiger partial charge in [-0.1, -0.05) is 12.1 Å². The van der Waals surface area contributed by atoms with Crippen LogP contribution >= 0.6 is 0 Å². The lowest BCUT2D eigenvalue weighted by molar-refractivity contribution is -0.129. The number of methoxy groups -OCH3 is 1. The van der Waals surface area contributed by atoms with Crippen molar-refractivity contribution in [3.8, 4) is 5.75 Å². The Kier molecular flexibility index (Phi) is 4.88. The summed E-state index contributed by atoms with van der Waals surface area (Å²) in [5, 5.41) is 0. The van der Waals surface area contributed by atoms with Gasteiger partial charge in [0, 0.05) is 6.08 Å². The van der Waals surface area contributed by atoms with Crippen LogP contribution in [0, 0.1) is 6.92 Å². The van der Waals surface area contributed by atoms with Crippen molar-refractivity contribution in [2.75, 3.05) is 13.7 Å². The van der Waals surface area contributed by atoms with E-state index in [0.717, 1.165) is 0 Å². The van der Waals surface area contributed by atoms with Crippen LogP contribution in [0.3, 0.4) is 0 Å². The smallest absolute Gasteiger partial charge is 0.363 e. The average molecular weight is 355 g/mol. The van der Waals surface area contributed by atoms with Gasteiger partial charge in [0.1, 0.15) is 22.8 Å². The van der Waals surface area contributed by atoms with E-state index in [2.05, 4.69) is 9.73 Å². The van der Waals surface area contributed by atoms with Crippen LogP contribution in [-0.2, 0) is 14.3 Å². The molecule has 7 nitrogen and oxygen atoms in total. The van der Waals surface area contributed by atoms with Crippen molar-refractivity contribution >= 4 is 23.9 Å². The van der Waals surface area contributed by atoms with Gasteiger partial charge < -0.3 is 18.6 Å². The molecule has 7 heteroatoms. The number of hydrogen-bond acceptors (Lipinski definition) is 7. The molecule has 2 heterocycles. The Bertz CT molecular complexity index is 922. The molecule has 0 atom stereocenters. The minimum Gasteiger partial charge on any atom is -0.493 e. The Morgan fingerprint density at radius 3 is 2.81 bits per heavy atom. The van der Waals surface area contributed by atoms with Crippen LogP contribution in [0.5, 0.6) is 5.75 Å². The van der Waals surface area contributed by atoms with Gasteiger partial charge in [0.05, 0.1) is 19.3 Å². The first-order valence-electron chi connectivity index (χ1n) is 7.97. The Morgan fingerprint density at radius 1 is 1.31 bits per heavy atom. The van der Waals surface area contributed by atoms with Gasteiger partial charge in [0.25, 0.3) is 0 Å². The number of nitrogens with zero attached hydrogens (tertiary/aromatic N) is 1. The molecule has 0 spiro atoms. The van der Waals surface area contributed by atoms with Crippen LogP contribution in [0.15, 0.2) is 45.4 Å². The van der Waals surface area contributed by atoms with Crippen molar-refractivity contribution in [1.29, 1.82) is 0 Å². The molecule has 134 valence electrons. The average Bonchev–Trinajstić information content (AvgIpc) is 3.18. The van der Waals surface area contributed by atoms with Crippen molar-refractivity contribution in [3.05, 3.63) is 58.7 Å². The SMILES string of the molecule is CCOc1ccccc1C1=N/C(=C\c2cc(C(=O)OC)c(C)o2)C(=O)O1. The first-order chi connectivity index (χ1) is 12.5. The second-order valence-electron chi connectivity index (χ2n) is 5.38. The van der Waals surface area contributed by atoms with Gasteiger partial charge in [-0.15, -0.1) is 0 Å². The molecule has 0 unspecified atom stereocenters. The second-order valence-corrected chi connectivity index (χ2v) is 5.38. The predicted molar refractivity (Wildman–Crippen MR) is 93.0 cm³/mol. The highest BCUT2D eigenvalue weighted by Gasteiger charge is 2.27. The molecule has 1 aliphatic heterocycles. The number of ether oxygens (including phenoxy) is 3. The second kappa shape index (κ2) is 7.26. The summed E-state index contributed by atoms with van der Waals surface area (Å²) in [7, 11) is 1.29. The van der Waals surface area contributed by atoms with Crippen molar-refractivity contribution < 1.29 is 28.2 Å². The molecule has 0 amide bonds. The summed E-state index contributed by atoms with van der Waals surface area (Å²) in [6.07, 6.45) is 1.41. The standard InChI is InChI=1S/C19H17NO6/c1-4-24-16-8-6-5-7-13(16)17-20-15(19(22)26-17)10-12-9-14(11(2)25-12)18(21)23-3/h5-10H,4H2,1-3H3/b15-10-. The van der Waals surface area contributed by atoms with E-state index in [4.69, 9.17) is 13.9 Å². The molecule has 26 heavy (non-hydrogen) atoms. The lowest BCUT2D eigenvalue weighted by Gasteiger charge is -2.08. The molecule has 0 fully saturated rings. The van der Waals surface area contributed by atoms with Gasteiger partial charge in [0.15, 0.2) is 5.70 Å². The molecular weight excluding hydrogens is 338 g/mol. The highest BCUT2D eigenvalue weighted by Crippen LogP contribution is 2.26. The lowest BCUT2D eigenvalue weighted by atomic mass is 10.2. The van der Waals surface area contributed by atoms with Gasteiger partial charge >= 0.3 is 11.9 Å². The maximum Gasteiger partial charge on any atom is 0.363 e. The van der Waals surface area contributed by atoms with Gasteiger partial charge in [-0.2, -0.15) is 0 Å². The van der Waals surface area contributed by atoms with Crippen molar-refractivity contribution in [3.63, 3.8) is 0 Å². The first-order valence-corrected chi connectivity index (χ1v) is 7.97. The van der Waals surface area contributed by atoms with Crippen LogP contribution < -0.4 is 4.74 Å². The maximum absolute atomic E-state index is 12.1. The van der Waals surface area contributed by atoms with E-state index in [-0.39, 0.29) is 17.2 Å². The molecule has 0 bridgehead atoms. The van der Waals surface area contributed by atoms with Crippen LogP contribution in [0.1, 0.15) is 34.4 Å². The van der Waals surface area contributed by atoms with E-state index in [1.807, 2.05) is 13.0 Å². The van der Waals surface area contributed by atoms with Crippen LogP contribution in [0.4, 0.5) is 0 Å². The van der Waals surface area contributed by atoms with Gasteiger partial charge in [-0.25, -0.2) is 14.6 Å². The van der Waals surface area contributed by atoms with Crippen LogP contribution in [-0.4, -0.2) is 31.6 Å². The molecule has 1 aromatic heterocycles. The van der Waals surface area contributed by atoms with Crippen LogP contribution in [0.2, 0.25) is 0 Å². The largest absolute Gasteiger partial charge is 0.493 e. The Morgan fingerprint density at radius 2 is 2.08 bits per heavy atom. The number of carbonyl (C=O) groups excluding carboxylic acids is 2. The fraction of sp³-hybridized carbons (Fsp3) is 0.211. The Balaban J connectivity index is 1.94. The van der Waals surface area contributed by atoms with E-state index in [9.17, 15) is 9.59 Å². The number of aliphatic imine (C=N–C) groups is 1. The summed E-state index contributed by atoms with van der Waals surface area (Å²) < 4.78 is 20.9. The van der Waals surface area contributed by atoms with E-state index >= 15 is 0 Å². The Hall–Kier alpha value is -3.35. The summed E-state index contributed by atoms with van der Waals surface area (Å²) in [5.41, 5.74) is 0.935. The molecule has 0 N–H and O–H groups in total. The molecule has 0 saturated carbocycles. The van der Waals surface area contributed by atoms with E-state index < -0.39 is 11.9 Å². The molecule has 0 saturated heterocycles. The number of cyclic esters (lactones) is 1. The molecule has 3 rings (SSSR count). The zero-order valence-electron chi connectivity index (χ0n) is 14.6. The van der Waals surface area contributed by atoms with Crippen molar-refractivity contribution in [1.82, 2.24) is 0 Å². The molecule has 0 aliphatic carbocycles. The molecular formula is C19H17NO6. The first kappa shape index (κ1) is 17.5. The topological polar surface area (TPSA) is 87.3 Å². The number of benzene rings is 1. The van der Waals surface area contributed by atoms with Gasteiger partial charge in [-0.3, -0.25) is 0 Å². The quantitative estimate of drug-likeness (QED) is 0.605. The number of carbonyl (C=O) groups is 2. The fourth-order valence-corrected chi connectivity index (χ4v) is 2.47. The number of esters is 2. The summed E-state index contributed by atoms with van der Waals surface area (Å²) in [5.74, 6) is 0.296. The van der Waals surface area contributed by atoms with E-state index in [1.165, 1.54) is 19.3 Å². The zero-order valence-corrected chi connectivity index (χ0v) is 14.6. The summed E-state index contributed by atoms with van der Waals surface area (Å²) in [4.78, 5) is 28.0. The molecule has 1 aliphatic rings. The molecule has 1 aromatic carbocycles. The number of para-hydroxylation sites is 1. The highest BCUT2D eigenvalue weighted by atomic mass is 16.6. The fourth-order valence-electron chi connectivity index (χ4n) is 2.47. The monoisotopic (exact) mass is 355 g/mol. The third kappa shape index (κ3) is 3.37. The number of aryl methyl sites for hydroxylation is 1. The molecule has 0 radical (unpaired) electrons. The normalized spacial score (nSPS) is 15.0. The zero-order chi connectivity index (χ0) is 18.7. The van der Waals surface area contributed by atoms with E-state index in [1.54, 1.807) is 25.1 Å². The number of furan rings is 1. The third-order valence-electron chi connectivity index (χ3n) is 3.66. The van der Waals surface area contributed by atoms with E-state index in [0.29, 0.717) is 29.4 Å². The van der Waals surface area contributed by atoms with Crippen LogP contribution in [0.25, 0.3) is 6.08 Å². The van der Waals surface area contributed by atoms with Crippen molar-refractivity contribution in [2.45, 2.75) is 13.8 Å². The highest BCUT2D eigenvalue weighted by molar-refractivity contribution is 6.13. The van der Waals surface area contributed by atoms with Gasteiger partial charge in [0.2, 0.25) is 5.90 Å². The van der Waals surface area contributed by atoms with Crippen molar-refractivity contribution in [2.24, 2.45) is 4.99 Å². The molecule has 2 aromatic rings. The van der Waals surface area contributed by atoms with Gasteiger partial charge in [-0.05, 0) is 32.0 Å². The minimum atomic E-state index is -0.611. The summed E-state index contributed by atoms with van der Waals surface area (Å²) in [6.45, 7) is 3.97. The predicted octanol–water partition coefficient (Wildman–Crippen LogP) is 3.12. The minimum absolute atomic E-state index is 0.0662. The number of rotatable bonds is 5.